The number of piperidine rings is 1. The highest BCUT2D eigenvalue weighted by Crippen LogP contribution is 2.29. The van der Waals surface area contributed by atoms with Gasteiger partial charge < -0.3 is 10.1 Å². The van der Waals surface area contributed by atoms with Crippen molar-refractivity contribution in [1.29, 1.82) is 0 Å². The molecule has 0 aromatic heterocycles. The zero-order valence-corrected chi connectivity index (χ0v) is 10.3. The van der Waals surface area contributed by atoms with E-state index < -0.39 is 0 Å². The third-order valence-corrected chi connectivity index (χ3v) is 4.01. The van der Waals surface area contributed by atoms with Crippen LogP contribution < -0.4 is 5.32 Å². The van der Waals surface area contributed by atoms with Crippen molar-refractivity contribution in [3.8, 4) is 0 Å². The van der Waals surface area contributed by atoms with Crippen molar-refractivity contribution < 1.29 is 9.53 Å². The van der Waals surface area contributed by atoms with Crippen LogP contribution in [0.3, 0.4) is 0 Å². The monoisotopic (exact) mass is 225 g/mol. The average molecular weight is 225 g/mol. The van der Waals surface area contributed by atoms with Gasteiger partial charge in [-0.15, -0.1) is 0 Å². The fourth-order valence-electron chi connectivity index (χ4n) is 2.78. The van der Waals surface area contributed by atoms with Crippen molar-refractivity contribution >= 4 is 5.97 Å². The van der Waals surface area contributed by atoms with Crippen molar-refractivity contribution in [3.05, 3.63) is 0 Å². The second-order valence-electron chi connectivity index (χ2n) is 5.59. The Kier molecular flexibility index (Phi) is 3.85. The first-order chi connectivity index (χ1) is 7.71. The third kappa shape index (κ3) is 2.76. The number of esters is 1. The zero-order valence-electron chi connectivity index (χ0n) is 10.3. The molecule has 1 aliphatic carbocycles. The number of nitrogens with one attached hydrogen (secondary N) is 1. The lowest BCUT2D eigenvalue weighted by Gasteiger charge is -2.32. The first-order valence-corrected chi connectivity index (χ1v) is 6.59. The van der Waals surface area contributed by atoms with Crippen LogP contribution in [0, 0.1) is 11.3 Å². The van der Waals surface area contributed by atoms with E-state index in [1.165, 1.54) is 25.7 Å². The molecular weight excluding hydrogens is 202 g/mol. The van der Waals surface area contributed by atoms with Gasteiger partial charge in [-0.3, -0.25) is 4.79 Å². The van der Waals surface area contributed by atoms with Crippen LogP contribution in [-0.2, 0) is 9.53 Å². The molecule has 0 spiro atoms. The molecule has 0 amide bonds. The maximum Gasteiger partial charge on any atom is 0.313 e. The Morgan fingerprint density at radius 3 is 2.75 bits per heavy atom. The van der Waals surface area contributed by atoms with Crippen LogP contribution in [0.1, 0.15) is 45.4 Å². The second-order valence-corrected chi connectivity index (χ2v) is 5.59. The molecule has 2 rings (SSSR count). The van der Waals surface area contributed by atoms with Gasteiger partial charge in [0.05, 0.1) is 12.0 Å². The van der Waals surface area contributed by atoms with Crippen LogP contribution in [0.15, 0.2) is 0 Å². The molecular formula is C13H23NO2. The van der Waals surface area contributed by atoms with Gasteiger partial charge in [-0.05, 0) is 45.1 Å². The van der Waals surface area contributed by atoms with Crippen molar-refractivity contribution in [1.82, 2.24) is 5.32 Å². The van der Waals surface area contributed by atoms with Crippen molar-refractivity contribution in [2.75, 3.05) is 19.7 Å². The minimum Gasteiger partial charge on any atom is -0.465 e. The Hall–Kier alpha value is -0.570. The summed E-state index contributed by atoms with van der Waals surface area (Å²) in [5.74, 6) is 0.635. The lowest BCUT2D eigenvalue weighted by atomic mass is 9.83. The molecule has 1 aliphatic heterocycles. The number of carbonyl (C=O) groups excluding carboxylic acids is 1. The maximum atomic E-state index is 12.0. The fraction of sp³-hybridized carbons (Fsp3) is 0.923. The molecule has 1 saturated heterocycles. The summed E-state index contributed by atoms with van der Waals surface area (Å²) in [6.07, 6.45) is 7.13. The minimum atomic E-state index is -0.281. The van der Waals surface area contributed by atoms with Gasteiger partial charge >= 0.3 is 5.97 Å². The highest BCUT2D eigenvalue weighted by atomic mass is 16.5. The van der Waals surface area contributed by atoms with E-state index >= 15 is 0 Å². The molecule has 1 saturated carbocycles. The van der Waals surface area contributed by atoms with Crippen LogP contribution in [-0.4, -0.2) is 25.7 Å². The van der Waals surface area contributed by atoms with Crippen LogP contribution >= 0.6 is 0 Å². The first kappa shape index (κ1) is 11.9. The number of ether oxygens (including phenoxy) is 1. The van der Waals surface area contributed by atoms with Gasteiger partial charge in [0, 0.05) is 6.54 Å². The Morgan fingerprint density at radius 1 is 1.38 bits per heavy atom. The van der Waals surface area contributed by atoms with Crippen LogP contribution in [0.4, 0.5) is 0 Å². The summed E-state index contributed by atoms with van der Waals surface area (Å²) in [5, 5.41) is 3.28. The fourth-order valence-corrected chi connectivity index (χ4v) is 2.78. The molecule has 3 heteroatoms. The van der Waals surface area contributed by atoms with E-state index in [0.29, 0.717) is 12.5 Å². The molecule has 2 fully saturated rings. The molecule has 1 atom stereocenters. The molecule has 92 valence electrons. The van der Waals surface area contributed by atoms with E-state index in [2.05, 4.69) is 5.32 Å². The summed E-state index contributed by atoms with van der Waals surface area (Å²) in [4.78, 5) is 12.0. The summed E-state index contributed by atoms with van der Waals surface area (Å²) < 4.78 is 5.49. The van der Waals surface area contributed by atoms with Crippen LogP contribution in [0.25, 0.3) is 0 Å². The Balaban J connectivity index is 1.77. The molecule has 0 bridgehead atoms. The molecule has 3 nitrogen and oxygen atoms in total. The van der Waals surface area contributed by atoms with E-state index in [0.717, 1.165) is 25.9 Å². The van der Waals surface area contributed by atoms with Crippen molar-refractivity contribution in [2.45, 2.75) is 45.4 Å². The molecule has 1 N–H and O–H groups in total. The summed E-state index contributed by atoms with van der Waals surface area (Å²) in [6.45, 7) is 4.48. The SMILES string of the molecule is CC1(C(=O)OCC2CCCC2)CCCNC1. The third-order valence-electron chi connectivity index (χ3n) is 4.01. The molecule has 0 aromatic carbocycles. The van der Waals surface area contributed by atoms with Gasteiger partial charge in [0.1, 0.15) is 0 Å². The number of carbonyl (C=O) groups is 1. The number of hydrogen-bond donors (Lipinski definition) is 1. The van der Waals surface area contributed by atoms with E-state index in [1.54, 1.807) is 0 Å². The summed E-state index contributed by atoms with van der Waals surface area (Å²) in [7, 11) is 0. The highest BCUT2D eigenvalue weighted by Gasteiger charge is 2.36. The Labute approximate surface area is 97.9 Å². The molecule has 1 unspecified atom stereocenters. The standard InChI is InChI=1S/C13H23NO2/c1-13(7-4-8-14-10-13)12(15)16-9-11-5-2-3-6-11/h11,14H,2-10H2,1H3. The largest absolute Gasteiger partial charge is 0.465 e. The van der Waals surface area contributed by atoms with E-state index in [1.807, 2.05) is 6.92 Å². The lowest BCUT2D eigenvalue weighted by molar-refractivity contribution is -0.157. The molecule has 0 aromatic rings. The predicted octanol–water partition coefficient (Wildman–Crippen LogP) is 2.11. The van der Waals surface area contributed by atoms with Gasteiger partial charge in [-0.2, -0.15) is 0 Å². The van der Waals surface area contributed by atoms with Gasteiger partial charge in [0.15, 0.2) is 0 Å². The first-order valence-electron chi connectivity index (χ1n) is 6.59. The molecule has 16 heavy (non-hydrogen) atoms. The molecule has 0 radical (unpaired) electrons. The van der Waals surface area contributed by atoms with Crippen LogP contribution in [0.2, 0.25) is 0 Å². The quantitative estimate of drug-likeness (QED) is 0.748. The van der Waals surface area contributed by atoms with Crippen molar-refractivity contribution in [3.63, 3.8) is 0 Å². The normalized spacial score (nSPS) is 31.6. The summed E-state index contributed by atoms with van der Waals surface area (Å²) >= 11 is 0. The Morgan fingerprint density at radius 2 is 2.12 bits per heavy atom. The average Bonchev–Trinajstić information content (AvgIpc) is 2.79. The lowest BCUT2D eigenvalue weighted by Crippen LogP contribution is -2.44. The highest BCUT2D eigenvalue weighted by molar-refractivity contribution is 5.76. The smallest absolute Gasteiger partial charge is 0.313 e. The summed E-state index contributed by atoms with van der Waals surface area (Å²) in [6, 6.07) is 0. The Bertz CT molecular complexity index is 240. The van der Waals surface area contributed by atoms with Gasteiger partial charge in [-0.1, -0.05) is 12.8 Å². The van der Waals surface area contributed by atoms with Gasteiger partial charge in [0.2, 0.25) is 0 Å². The second kappa shape index (κ2) is 5.17. The number of hydrogen-bond acceptors (Lipinski definition) is 3. The molecule has 2 aliphatic rings. The topological polar surface area (TPSA) is 38.3 Å². The van der Waals surface area contributed by atoms with Gasteiger partial charge in [-0.25, -0.2) is 0 Å². The zero-order chi connectivity index (χ0) is 11.4. The number of rotatable bonds is 3. The van der Waals surface area contributed by atoms with Gasteiger partial charge in [0.25, 0.3) is 0 Å². The minimum absolute atomic E-state index is 0.00611. The molecule has 1 heterocycles. The van der Waals surface area contributed by atoms with E-state index in [-0.39, 0.29) is 11.4 Å². The van der Waals surface area contributed by atoms with Crippen molar-refractivity contribution in [2.24, 2.45) is 11.3 Å². The summed E-state index contributed by atoms with van der Waals surface area (Å²) in [5.41, 5.74) is -0.281. The van der Waals surface area contributed by atoms with E-state index in [9.17, 15) is 4.79 Å². The van der Waals surface area contributed by atoms with Crippen LogP contribution in [0.5, 0.6) is 0 Å². The maximum absolute atomic E-state index is 12.0. The predicted molar refractivity (Wildman–Crippen MR) is 63.1 cm³/mol. The van der Waals surface area contributed by atoms with E-state index in [4.69, 9.17) is 4.74 Å².